The normalized spacial score (nSPS) is 25.6. The Bertz CT molecular complexity index is 763. The molecule has 2 heterocycles. The van der Waals surface area contributed by atoms with Crippen LogP contribution in [0.25, 0.3) is 5.65 Å². The van der Waals surface area contributed by atoms with Crippen LogP contribution in [0.15, 0.2) is 36.9 Å². The summed E-state index contributed by atoms with van der Waals surface area (Å²) in [5.74, 6) is 1.94. The molecule has 0 aromatic carbocycles. The Labute approximate surface area is 136 Å². The van der Waals surface area contributed by atoms with Crippen LogP contribution in [0.2, 0.25) is 0 Å². The van der Waals surface area contributed by atoms with Gasteiger partial charge in [-0.05, 0) is 44.4 Å². The third-order valence-electron chi connectivity index (χ3n) is 5.25. The monoisotopic (exact) mass is 310 g/mol. The quantitative estimate of drug-likeness (QED) is 0.816. The van der Waals surface area contributed by atoms with E-state index in [-0.39, 0.29) is 11.9 Å². The maximum absolute atomic E-state index is 13.1. The first kappa shape index (κ1) is 14.4. The van der Waals surface area contributed by atoms with E-state index in [2.05, 4.69) is 36.0 Å². The summed E-state index contributed by atoms with van der Waals surface area (Å²) in [5, 5.41) is 0. The first-order chi connectivity index (χ1) is 11.1. The van der Waals surface area contributed by atoms with Gasteiger partial charge in [-0.2, -0.15) is 0 Å². The van der Waals surface area contributed by atoms with Gasteiger partial charge in [0.2, 0.25) is 0 Å². The topological polar surface area (TPSA) is 50.5 Å². The van der Waals surface area contributed by atoms with Crippen LogP contribution in [0.1, 0.15) is 37.2 Å². The van der Waals surface area contributed by atoms with Gasteiger partial charge in [0.25, 0.3) is 5.91 Å². The van der Waals surface area contributed by atoms with Gasteiger partial charge in [-0.25, -0.2) is 9.97 Å². The second-order valence-electron chi connectivity index (χ2n) is 7.03. The van der Waals surface area contributed by atoms with E-state index in [1.807, 2.05) is 21.7 Å². The maximum Gasteiger partial charge on any atom is 0.276 e. The molecule has 1 amide bonds. The molecule has 1 saturated carbocycles. The van der Waals surface area contributed by atoms with Crippen LogP contribution in [0.4, 0.5) is 0 Å². The number of hydrogen-bond acceptors (Lipinski definition) is 3. The summed E-state index contributed by atoms with van der Waals surface area (Å²) in [5.41, 5.74) is 1.08. The minimum atomic E-state index is -0.0106. The highest BCUT2D eigenvalue weighted by Gasteiger charge is 2.38. The molecule has 2 bridgehead atoms. The van der Waals surface area contributed by atoms with Gasteiger partial charge in [-0.15, -0.1) is 0 Å². The highest BCUT2D eigenvalue weighted by atomic mass is 16.2. The summed E-state index contributed by atoms with van der Waals surface area (Å²) in [6.45, 7) is 4.96. The number of hydrogen-bond donors (Lipinski definition) is 0. The average Bonchev–Trinajstić information content (AvgIpc) is 3.26. The molecule has 2 aromatic rings. The van der Waals surface area contributed by atoms with Crippen molar-refractivity contribution in [3.63, 3.8) is 0 Å². The van der Waals surface area contributed by atoms with E-state index in [9.17, 15) is 4.79 Å². The van der Waals surface area contributed by atoms with Crippen molar-refractivity contribution in [1.29, 1.82) is 0 Å². The molecular formula is C18H22N4O. The van der Waals surface area contributed by atoms with Crippen LogP contribution < -0.4 is 0 Å². The zero-order chi connectivity index (χ0) is 16.0. The van der Waals surface area contributed by atoms with Crippen LogP contribution >= 0.6 is 0 Å². The van der Waals surface area contributed by atoms with E-state index in [4.69, 9.17) is 0 Å². The molecular weight excluding hydrogens is 288 g/mol. The summed E-state index contributed by atoms with van der Waals surface area (Å²) in [6, 6.07) is 0.155. The number of carbonyl (C=O) groups excluding carboxylic acids is 1. The van der Waals surface area contributed by atoms with Crippen molar-refractivity contribution in [2.24, 2.45) is 17.8 Å². The van der Waals surface area contributed by atoms with Gasteiger partial charge in [-0.1, -0.05) is 12.2 Å². The van der Waals surface area contributed by atoms with Crippen molar-refractivity contribution in [3.8, 4) is 0 Å². The number of rotatable bonds is 4. The van der Waals surface area contributed by atoms with E-state index >= 15 is 0 Å². The first-order valence-corrected chi connectivity index (χ1v) is 8.40. The lowest BCUT2D eigenvalue weighted by molar-refractivity contribution is 0.0656. The molecule has 0 spiro atoms. The number of nitrogens with zero attached hydrogens (tertiary/aromatic N) is 4. The molecule has 0 saturated heterocycles. The van der Waals surface area contributed by atoms with Crippen LogP contribution in [0.3, 0.4) is 0 Å². The molecule has 2 aliphatic rings. The summed E-state index contributed by atoms with van der Waals surface area (Å²) < 4.78 is 1.85. The van der Waals surface area contributed by atoms with Crippen LogP contribution in [-0.4, -0.2) is 37.8 Å². The Morgan fingerprint density at radius 3 is 2.70 bits per heavy atom. The van der Waals surface area contributed by atoms with E-state index in [1.165, 1.54) is 12.8 Å². The lowest BCUT2D eigenvalue weighted by Crippen LogP contribution is -2.41. The molecule has 2 aromatic heterocycles. The van der Waals surface area contributed by atoms with Crippen molar-refractivity contribution >= 4 is 11.6 Å². The number of imidazole rings is 1. The van der Waals surface area contributed by atoms with E-state index in [1.54, 1.807) is 12.4 Å². The van der Waals surface area contributed by atoms with Gasteiger partial charge in [0.05, 0.1) is 0 Å². The standard InChI is InChI=1S/C18H22N4O/c1-12(2)22(11-15-10-13-3-4-14(15)9-13)18(23)16-17-20-6-8-21(17)7-5-19-16/h3-8,12-15H,9-11H2,1-2H3/t13-,14+,15+/m0/s1. The van der Waals surface area contributed by atoms with Gasteiger partial charge < -0.3 is 9.30 Å². The van der Waals surface area contributed by atoms with E-state index in [0.29, 0.717) is 23.2 Å². The number of amides is 1. The van der Waals surface area contributed by atoms with Gasteiger partial charge >= 0.3 is 0 Å². The third kappa shape index (κ3) is 2.44. The second kappa shape index (κ2) is 5.48. The summed E-state index contributed by atoms with van der Waals surface area (Å²) in [4.78, 5) is 23.7. The number of carbonyl (C=O) groups is 1. The minimum absolute atomic E-state index is 0.0106. The van der Waals surface area contributed by atoms with Gasteiger partial charge in [0, 0.05) is 37.4 Å². The highest BCUT2D eigenvalue weighted by molar-refractivity contribution is 5.97. The molecule has 0 aliphatic heterocycles. The molecule has 1 fully saturated rings. The molecule has 120 valence electrons. The molecule has 5 nitrogen and oxygen atoms in total. The van der Waals surface area contributed by atoms with Gasteiger partial charge in [0.15, 0.2) is 11.3 Å². The third-order valence-corrected chi connectivity index (χ3v) is 5.25. The Balaban J connectivity index is 1.61. The van der Waals surface area contributed by atoms with Crippen LogP contribution in [0.5, 0.6) is 0 Å². The maximum atomic E-state index is 13.1. The average molecular weight is 310 g/mol. The van der Waals surface area contributed by atoms with Crippen molar-refractivity contribution in [2.75, 3.05) is 6.54 Å². The highest BCUT2D eigenvalue weighted by Crippen LogP contribution is 2.43. The van der Waals surface area contributed by atoms with Crippen molar-refractivity contribution in [1.82, 2.24) is 19.3 Å². The molecule has 0 unspecified atom stereocenters. The SMILES string of the molecule is CC(C)N(C[C@H]1C[C@H]2C=C[C@@H]1C2)C(=O)c1nccn2ccnc12. The van der Waals surface area contributed by atoms with Gasteiger partial charge in [0.1, 0.15) is 0 Å². The fourth-order valence-electron chi connectivity index (χ4n) is 4.03. The number of allylic oxidation sites excluding steroid dienone is 2. The van der Waals surface area contributed by atoms with Crippen molar-refractivity contribution < 1.29 is 4.79 Å². The van der Waals surface area contributed by atoms with Gasteiger partial charge in [-0.3, -0.25) is 4.79 Å². The summed E-state index contributed by atoms with van der Waals surface area (Å²) in [6.07, 6.45) is 14.2. The Kier molecular flexibility index (Phi) is 3.43. The first-order valence-electron chi connectivity index (χ1n) is 8.40. The fraction of sp³-hybridized carbons (Fsp3) is 0.500. The van der Waals surface area contributed by atoms with E-state index < -0.39 is 0 Å². The second-order valence-corrected chi connectivity index (χ2v) is 7.03. The van der Waals surface area contributed by atoms with Crippen molar-refractivity contribution in [3.05, 3.63) is 42.6 Å². The lowest BCUT2D eigenvalue weighted by Gasteiger charge is -2.31. The zero-order valence-electron chi connectivity index (χ0n) is 13.6. The smallest absolute Gasteiger partial charge is 0.276 e. The molecule has 0 N–H and O–H groups in total. The summed E-state index contributed by atoms with van der Waals surface area (Å²) >= 11 is 0. The molecule has 5 heteroatoms. The Hall–Kier alpha value is -2.17. The predicted molar refractivity (Wildman–Crippen MR) is 88.0 cm³/mol. The number of aromatic nitrogens is 3. The molecule has 4 rings (SSSR count). The molecule has 23 heavy (non-hydrogen) atoms. The van der Waals surface area contributed by atoms with Crippen molar-refractivity contribution in [2.45, 2.75) is 32.7 Å². The predicted octanol–water partition coefficient (Wildman–Crippen LogP) is 2.79. The largest absolute Gasteiger partial charge is 0.334 e. The minimum Gasteiger partial charge on any atom is -0.334 e. The fourth-order valence-corrected chi connectivity index (χ4v) is 4.03. The summed E-state index contributed by atoms with van der Waals surface area (Å²) in [7, 11) is 0. The molecule has 0 radical (unpaired) electrons. The van der Waals surface area contributed by atoms with Crippen LogP contribution in [0, 0.1) is 17.8 Å². The van der Waals surface area contributed by atoms with Crippen LogP contribution in [-0.2, 0) is 0 Å². The molecule has 2 aliphatic carbocycles. The zero-order valence-corrected chi connectivity index (χ0v) is 13.6. The molecule has 3 atom stereocenters. The Morgan fingerprint density at radius 2 is 2.04 bits per heavy atom. The lowest BCUT2D eigenvalue weighted by atomic mass is 9.92. The van der Waals surface area contributed by atoms with E-state index in [0.717, 1.165) is 12.5 Å². The Morgan fingerprint density at radius 1 is 1.26 bits per heavy atom. The number of fused-ring (bicyclic) bond motifs is 3.